The summed E-state index contributed by atoms with van der Waals surface area (Å²) in [5.41, 5.74) is 0. The Hall–Kier alpha value is -0.540. The van der Waals surface area contributed by atoms with Crippen molar-refractivity contribution in [2.24, 2.45) is 0 Å². The molecule has 1 N–H and O–H groups in total. The summed E-state index contributed by atoms with van der Waals surface area (Å²) in [4.78, 5) is 0. The number of nitrogens with zero attached hydrogens (tertiary/aromatic N) is 1. The van der Waals surface area contributed by atoms with Crippen LogP contribution >= 0.6 is 0 Å². The number of halogens is 1. The van der Waals surface area contributed by atoms with E-state index in [0.717, 1.165) is 4.48 Å². The third kappa shape index (κ3) is 25.5. The molecule has 1 aromatic rings. The SMILES string of the molecule is CCCCCCCCCCCCCCCC[N+](C)(C)C.Oc1ccccc1.[Br-]. The molecule has 0 saturated carbocycles. The van der Waals surface area contributed by atoms with Gasteiger partial charge in [0.25, 0.3) is 0 Å². The molecular weight excluding hydrogens is 410 g/mol. The van der Waals surface area contributed by atoms with Crippen molar-refractivity contribution >= 4 is 0 Å². The molecule has 2 nitrogen and oxygen atoms in total. The number of phenols is 1. The van der Waals surface area contributed by atoms with E-state index in [4.69, 9.17) is 5.11 Å². The van der Waals surface area contributed by atoms with Gasteiger partial charge >= 0.3 is 0 Å². The van der Waals surface area contributed by atoms with Crippen LogP contribution in [0.1, 0.15) is 96.8 Å². The molecule has 0 aliphatic heterocycles. The molecule has 0 aliphatic rings. The second-order valence-corrected chi connectivity index (χ2v) is 8.95. The third-order valence-corrected chi connectivity index (χ3v) is 4.94. The molecule has 166 valence electrons. The van der Waals surface area contributed by atoms with Crippen molar-refractivity contribution in [2.45, 2.75) is 96.8 Å². The lowest BCUT2D eigenvalue weighted by Gasteiger charge is -2.23. The molecule has 0 aromatic heterocycles. The van der Waals surface area contributed by atoms with E-state index in [2.05, 4.69) is 28.1 Å². The van der Waals surface area contributed by atoms with Gasteiger partial charge < -0.3 is 26.6 Å². The van der Waals surface area contributed by atoms with E-state index in [-0.39, 0.29) is 17.0 Å². The van der Waals surface area contributed by atoms with E-state index in [9.17, 15) is 0 Å². The predicted octanol–water partition coefficient (Wildman–Crippen LogP) is 4.57. The summed E-state index contributed by atoms with van der Waals surface area (Å²) in [7, 11) is 6.88. The van der Waals surface area contributed by atoms with Gasteiger partial charge in [-0.2, -0.15) is 0 Å². The van der Waals surface area contributed by atoms with Crippen molar-refractivity contribution in [1.82, 2.24) is 0 Å². The van der Waals surface area contributed by atoms with Crippen LogP contribution in [0.25, 0.3) is 0 Å². The number of benzene rings is 1. The summed E-state index contributed by atoms with van der Waals surface area (Å²) in [5, 5.41) is 8.63. The second kappa shape index (κ2) is 21.2. The maximum atomic E-state index is 8.63. The molecule has 0 atom stereocenters. The van der Waals surface area contributed by atoms with Gasteiger partial charge in [-0.25, -0.2) is 0 Å². The van der Waals surface area contributed by atoms with Crippen LogP contribution in [0.2, 0.25) is 0 Å². The highest BCUT2D eigenvalue weighted by Crippen LogP contribution is 2.13. The Morgan fingerprint density at radius 2 is 0.964 bits per heavy atom. The number of phenolic OH excluding ortho intramolecular Hbond substituents is 1. The Morgan fingerprint density at radius 1 is 0.607 bits per heavy atom. The van der Waals surface area contributed by atoms with Crippen LogP contribution < -0.4 is 17.0 Å². The number of hydrogen-bond donors (Lipinski definition) is 1. The van der Waals surface area contributed by atoms with Crippen LogP contribution in [0, 0.1) is 0 Å². The highest BCUT2D eigenvalue weighted by Gasteiger charge is 2.04. The highest BCUT2D eigenvalue weighted by molar-refractivity contribution is 5.18. The number of unbranched alkanes of at least 4 members (excludes halogenated alkanes) is 13. The molecule has 0 amide bonds. The fourth-order valence-corrected chi connectivity index (χ4v) is 3.21. The Morgan fingerprint density at radius 3 is 1.25 bits per heavy atom. The number of quaternary nitrogens is 1. The number of aromatic hydroxyl groups is 1. The first-order chi connectivity index (χ1) is 13.0. The van der Waals surface area contributed by atoms with E-state index < -0.39 is 0 Å². The highest BCUT2D eigenvalue weighted by atomic mass is 79.9. The van der Waals surface area contributed by atoms with E-state index >= 15 is 0 Å². The van der Waals surface area contributed by atoms with Gasteiger partial charge in [0, 0.05) is 0 Å². The molecule has 1 rings (SSSR count). The van der Waals surface area contributed by atoms with Crippen molar-refractivity contribution < 1.29 is 26.6 Å². The number of hydrogen-bond acceptors (Lipinski definition) is 1. The lowest BCUT2D eigenvalue weighted by Crippen LogP contribution is -3.00. The summed E-state index contributed by atoms with van der Waals surface area (Å²) in [5.74, 6) is 0.322. The van der Waals surface area contributed by atoms with E-state index in [1.165, 1.54) is 96.4 Å². The van der Waals surface area contributed by atoms with Gasteiger partial charge in [-0.3, -0.25) is 0 Å². The molecule has 0 spiro atoms. The van der Waals surface area contributed by atoms with Gasteiger partial charge in [0.1, 0.15) is 5.75 Å². The van der Waals surface area contributed by atoms with Crippen molar-refractivity contribution in [2.75, 3.05) is 27.7 Å². The second-order valence-electron chi connectivity index (χ2n) is 8.95. The summed E-state index contributed by atoms with van der Waals surface area (Å²) < 4.78 is 1.12. The molecule has 0 saturated heterocycles. The Labute approximate surface area is 187 Å². The average Bonchev–Trinajstić information content (AvgIpc) is 2.62. The smallest absolute Gasteiger partial charge is 0.115 e. The molecule has 28 heavy (non-hydrogen) atoms. The molecule has 0 fully saturated rings. The first-order valence-electron chi connectivity index (χ1n) is 11.5. The van der Waals surface area contributed by atoms with Crippen LogP contribution in [0.4, 0.5) is 0 Å². The molecule has 0 heterocycles. The van der Waals surface area contributed by atoms with Crippen LogP contribution in [0.3, 0.4) is 0 Å². The fraction of sp³-hybridized carbons (Fsp3) is 0.760. The topological polar surface area (TPSA) is 20.2 Å². The summed E-state index contributed by atoms with van der Waals surface area (Å²) in [6.45, 7) is 3.63. The Bertz CT molecular complexity index is 403. The zero-order valence-corrected chi connectivity index (χ0v) is 20.9. The number of rotatable bonds is 15. The van der Waals surface area contributed by atoms with E-state index in [0.29, 0.717) is 5.75 Å². The fourth-order valence-electron chi connectivity index (χ4n) is 3.21. The minimum atomic E-state index is 0. The number of para-hydroxylation sites is 1. The molecule has 3 heteroatoms. The van der Waals surface area contributed by atoms with Gasteiger partial charge in [0.2, 0.25) is 0 Å². The standard InChI is InChI=1S/C19H42N.C6H6O.BrH/c1-5-6-7-8-9-10-11-12-13-14-15-16-17-18-19-20(2,3)4;7-6-4-2-1-3-5-6;/h5-19H2,1-4H3;1-5,7H;1H/q+1;;/p-1. The Balaban J connectivity index is 0. The molecule has 0 aliphatic carbocycles. The lowest BCUT2D eigenvalue weighted by molar-refractivity contribution is -0.870. The summed E-state index contributed by atoms with van der Waals surface area (Å²) in [6.07, 6.45) is 20.4. The van der Waals surface area contributed by atoms with E-state index in [1.807, 2.05) is 6.07 Å². The van der Waals surface area contributed by atoms with Crippen molar-refractivity contribution in [3.63, 3.8) is 0 Å². The lowest BCUT2D eigenvalue weighted by atomic mass is 10.0. The van der Waals surface area contributed by atoms with E-state index in [1.54, 1.807) is 24.3 Å². The Kier molecular flexibility index (Phi) is 22.4. The molecule has 0 unspecified atom stereocenters. The van der Waals surface area contributed by atoms with Crippen molar-refractivity contribution in [3.05, 3.63) is 30.3 Å². The maximum Gasteiger partial charge on any atom is 0.115 e. The molecule has 1 aromatic carbocycles. The van der Waals surface area contributed by atoms with Gasteiger partial charge in [-0.1, -0.05) is 102 Å². The minimum Gasteiger partial charge on any atom is -1.00 e. The normalized spacial score (nSPS) is 10.7. The molecule has 0 bridgehead atoms. The summed E-state index contributed by atoms with van der Waals surface area (Å²) >= 11 is 0. The zero-order valence-electron chi connectivity index (χ0n) is 19.3. The predicted molar refractivity (Wildman–Crippen MR) is 121 cm³/mol. The van der Waals surface area contributed by atoms with Gasteiger partial charge in [0.15, 0.2) is 0 Å². The average molecular weight is 459 g/mol. The van der Waals surface area contributed by atoms with Crippen LogP contribution in [0.15, 0.2) is 30.3 Å². The first-order valence-corrected chi connectivity index (χ1v) is 11.5. The van der Waals surface area contributed by atoms with Crippen molar-refractivity contribution in [1.29, 1.82) is 0 Å². The summed E-state index contributed by atoms with van der Waals surface area (Å²) in [6, 6.07) is 8.71. The maximum absolute atomic E-state index is 8.63. The molecule has 0 radical (unpaired) electrons. The van der Waals surface area contributed by atoms with Gasteiger partial charge in [-0.05, 0) is 25.0 Å². The first kappa shape index (κ1) is 29.7. The van der Waals surface area contributed by atoms with Crippen LogP contribution in [0.5, 0.6) is 5.75 Å². The third-order valence-electron chi connectivity index (χ3n) is 4.94. The monoisotopic (exact) mass is 457 g/mol. The zero-order chi connectivity index (χ0) is 20.2. The molecular formula is C25H48BrNO. The quantitative estimate of drug-likeness (QED) is 0.302. The largest absolute Gasteiger partial charge is 1.00 e. The minimum absolute atomic E-state index is 0. The van der Waals surface area contributed by atoms with Crippen molar-refractivity contribution in [3.8, 4) is 5.75 Å². The van der Waals surface area contributed by atoms with Crippen LogP contribution in [-0.2, 0) is 0 Å². The van der Waals surface area contributed by atoms with Gasteiger partial charge in [0.05, 0.1) is 27.7 Å². The van der Waals surface area contributed by atoms with Crippen LogP contribution in [-0.4, -0.2) is 37.3 Å². The van der Waals surface area contributed by atoms with Gasteiger partial charge in [-0.15, -0.1) is 0 Å².